The highest BCUT2D eigenvalue weighted by Crippen LogP contribution is 2.20. The van der Waals surface area contributed by atoms with Gasteiger partial charge >= 0.3 is 6.09 Å². The molecule has 0 aliphatic rings. The fourth-order valence-electron chi connectivity index (χ4n) is 1.05. The van der Waals surface area contributed by atoms with Crippen LogP contribution in [0.5, 0.6) is 0 Å². The molecule has 0 aliphatic carbocycles. The van der Waals surface area contributed by atoms with E-state index in [4.69, 9.17) is 4.74 Å². The molecule has 1 amide bonds. The monoisotopic (exact) mass is 224 g/mol. The van der Waals surface area contributed by atoms with Crippen LogP contribution in [0.25, 0.3) is 0 Å². The van der Waals surface area contributed by atoms with Crippen molar-refractivity contribution < 1.29 is 9.53 Å². The van der Waals surface area contributed by atoms with E-state index in [-0.39, 0.29) is 5.82 Å². The zero-order valence-corrected chi connectivity index (χ0v) is 9.93. The lowest BCUT2D eigenvalue weighted by Gasteiger charge is -2.34. The molecule has 5 nitrogen and oxygen atoms in total. The number of quaternary nitrogens is 1. The number of carbonyl (C=O) groups excluding carboxylic acids is 1. The summed E-state index contributed by atoms with van der Waals surface area (Å²) in [4.78, 5) is 15.5. The molecule has 0 N–H and O–H groups in total. The van der Waals surface area contributed by atoms with E-state index in [1.165, 1.54) is 19.3 Å². The predicted molar refractivity (Wildman–Crippen MR) is 61.6 cm³/mol. The highest BCUT2D eigenvalue weighted by atomic mass is 16.7. The van der Waals surface area contributed by atoms with Gasteiger partial charge in [-0.05, 0) is 26.8 Å². The second-order valence-corrected chi connectivity index (χ2v) is 4.59. The van der Waals surface area contributed by atoms with E-state index < -0.39 is 16.3 Å². The first-order chi connectivity index (χ1) is 7.23. The van der Waals surface area contributed by atoms with Gasteiger partial charge in [-0.3, -0.25) is 0 Å². The summed E-state index contributed by atoms with van der Waals surface area (Å²) in [7, 11) is 1.20. The lowest BCUT2D eigenvalue weighted by molar-refractivity contribution is 0.0375. The van der Waals surface area contributed by atoms with Crippen LogP contribution in [0.2, 0.25) is 0 Å². The number of aromatic nitrogens is 1. The number of carbonyl (C=O) groups is 1. The van der Waals surface area contributed by atoms with Crippen molar-refractivity contribution in [2.75, 3.05) is 7.05 Å². The molecule has 1 aromatic rings. The van der Waals surface area contributed by atoms with Gasteiger partial charge in [-0.25, -0.2) is 9.63 Å². The molecule has 1 unspecified atom stereocenters. The van der Waals surface area contributed by atoms with Gasteiger partial charge in [0.2, 0.25) is 5.82 Å². The van der Waals surface area contributed by atoms with Gasteiger partial charge in [-0.2, -0.15) is 4.79 Å². The molecule has 1 atom stereocenters. The average Bonchev–Trinajstić information content (AvgIpc) is 2.16. The number of hydroxylamine groups is 2. The number of rotatable bonds is 1. The molecule has 0 aromatic carbocycles. The molecule has 0 saturated heterocycles. The number of hydrogen-bond donors (Lipinski definition) is 0. The number of ether oxygens (including phenoxy) is 1. The van der Waals surface area contributed by atoms with E-state index in [0.717, 1.165) is 0 Å². The minimum atomic E-state index is -1.27. The molecular weight excluding hydrogens is 208 g/mol. The predicted octanol–water partition coefficient (Wildman–Crippen LogP) is 2.45. The molecule has 0 bridgehead atoms. The molecule has 0 radical (unpaired) electrons. The van der Waals surface area contributed by atoms with Crippen molar-refractivity contribution in [3.05, 3.63) is 29.6 Å². The third-order valence-electron chi connectivity index (χ3n) is 1.83. The maximum atomic E-state index is 12.1. The largest absolute Gasteiger partial charge is 0.616 e. The van der Waals surface area contributed by atoms with E-state index in [9.17, 15) is 10.0 Å². The summed E-state index contributed by atoms with van der Waals surface area (Å²) in [5.74, 6) is 0.108. The van der Waals surface area contributed by atoms with Gasteiger partial charge in [0.05, 0.1) is 7.05 Å². The normalized spacial score (nSPS) is 15.3. The van der Waals surface area contributed by atoms with Crippen molar-refractivity contribution in [1.82, 2.24) is 9.63 Å². The van der Waals surface area contributed by atoms with Gasteiger partial charge in [-0.15, -0.1) is 0 Å². The van der Waals surface area contributed by atoms with E-state index in [2.05, 4.69) is 4.98 Å². The molecule has 88 valence electrons. The van der Waals surface area contributed by atoms with Gasteiger partial charge < -0.3 is 9.94 Å². The summed E-state index contributed by atoms with van der Waals surface area (Å²) in [6.45, 7) is 5.13. The van der Waals surface area contributed by atoms with Gasteiger partial charge in [-0.1, -0.05) is 6.07 Å². The van der Waals surface area contributed by atoms with Crippen molar-refractivity contribution in [3.8, 4) is 0 Å². The Balaban J connectivity index is 2.90. The Morgan fingerprint density at radius 2 is 2.06 bits per heavy atom. The Morgan fingerprint density at radius 3 is 2.50 bits per heavy atom. The van der Waals surface area contributed by atoms with E-state index in [0.29, 0.717) is 0 Å². The minimum absolute atomic E-state index is 0.108. The third kappa shape index (κ3) is 3.01. The van der Waals surface area contributed by atoms with Crippen LogP contribution in [-0.2, 0) is 4.74 Å². The summed E-state index contributed by atoms with van der Waals surface area (Å²) in [6.07, 6.45) is 0.597. The molecular formula is C11H16N2O3. The zero-order chi connectivity index (χ0) is 12.4. The lowest BCUT2D eigenvalue weighted by Crippen LogP contribution is -2.48. The molecule has 0 saturated carbocycles. The summed E-state index contributed by atoms with van der Waals surface area (Å²) in [5.41, 5.74) is -0.685. The van der Waals surface area contributed by atoms with E-state index in [1.54, 1.807) is 32.9 Å². The Labute approximate surface area is 94.8 Å². The quantitative estimate of drug-likeness (QED) is 0.543. The van der Waals surface area contributed by atoms with Gasteiger partial charge in [0.15, 0.2) is 0 Å². The van der Waals surface area contributed by atoms with Crippen LogP contribution < -0.4 is 4.65 Å². The standard InChI is InChI=1S/C11H16N2O3/c1-11(2,3)16-10(14)13(4,15)9-7-5-6-8-12-9/h5-8H,1-4H3. The number of amides is 1. The van der Waals surface area contributed by atoms with Gasteiger partial charge in [0.25, 0.3) is 0 Å². The van der Waals surface area contributed by atoms with E-state index in [1.807, 2.05) is 0 Å². The van der Waals surface area contributed by atoms with Crippen LogP contribution in [0.4, 0.5) is 10.6 Å². The summed E-state index contributed by atoms with van der Waals surface area (Å²) >= 11 is 0. The van der Waals surface area contributed by atoms with Crippen molar-refractivity contribution >= 4 is 11.9 Å². The van der Waals surface area contributed by atoms with Crippen molar-refractivity contribution in [1.29, 1.82) is 0 Å². The van der Waals surface area contributed by atoms with Crippen LogP contribution in [-0.4, -0.2) is 23.7 Å². The maximum absolute atomic E-state index is 12.1. The fourth-order valence-corrected chi connectivity index (χ4v) is 1.05. The molecule has 16 heavy (non-hydrogen) atoms. The highest BCUT2D eigenvalue weighted by molar-refractivity contribution is 5.81. The second-order valence-electron chi connectivity index (χ2n) is 4.59. The lowest BCUT2D eigenvalue weighted by atomic mass is 10.2. The minimum Gasteiger partial charge on any atom is -0.616 e. The number of pyridine rings is 1. The first-order valence-electron chi connectivity index (χ1n) is 4.96. The van der Waals surface area contributed by atoms with Crippen molar-refractivity contribution in [2.24, 2.45) is 0 Å². The Kier molecular flexibility index (Phi) is 3.30. The SMILES string of the molecule is CC(C)(C)OC(=O)[N+](C)([O-])c1ccccn1. The summed E-state index contributed by atoms with van der Waals surface area (Å²) in [6, 6.07) is 4.83. The topological polar surface area (TPSA) is 62.2 Å². The average molecular weight is 224 g/mol. The molecule has 1 aromatic heterocycles. The molecule has 0 fully saturated rings. The Hall–Kier alpha value is -1.46. The third-order valence-corrected chi connectivity index (χ3v) is 1.83. The van der Waals surface area contributed by atoms with Crippen LogP contribution in [0, 0.1) is 5.21 Å². The molecule has 1 heterocycles. The van der Waals surface area contributed by atoms with Crippen LogP contribution in [0.3, 0.4) is 0 Å². The highest BCUT2D eigenvalue weighted by Gasteiger charge is 2.32. The number of hydrogen-bond acceptors (Lipinski definition) is 4. The summed E-state index contributed by atoms with van der Waals surface area (Å²) in [5, 5.41) is 12.1. The Morgan fingerprint density at radius 1 is 1.44 bits per heavy atom. The van der Waals surface area contributed by atoms with Crippen molar-refractivity contribution in [3.63, 3.8) is 0 Å². The smallest absolute Gasteiger partial charge is 0.522 e. The first-order valence-corrected chi connectivity index (χ1v) is 4.96. The van der Waals surface area contributed by atoms with Gasteiger partial charge in [0, 0.05) is 12.3 Å². The maximum Gasteiger partial charge on any atom is 0.522 e. The Bertz CT molecular complexity index is 369. The van der Waals surface area contributed by atoms with Crippen LogP contribution >= 0.6 is 0 Å². The first kappa shape index (κ1) is 12.6. The molecule has 0 aliphatic heterocycles. The second kappa shape index (κ2) is 4.19. The van der Waals surface area contributed by atoms with Crippen molar-refractivity contribution in [2.45, 2.75) is 26.4 Å². The van der Waals surface area contributed by atoms with Crippen LogP contribution in [0.15, 0.2) is 24.4 Å². The number of nitrogens with zero attached hydrogens (tertiary/aromatic N) is 2. The van der Waals surface area contributed by atoms with Gasteiger partial charge in [0.1, 0.15) is 5.60 Å². The zero-order valence-electron chi connectivity index (χ0n) is 9.93. The molecule has 1 rings (SSSR count). The molecule has 0 spiro atoms. The summed E-state index contributed by atoms with van der Waals surface area (Å²) < 4.78 is 3.77. The molecule has 5 heteroatoms. The van der Waals surface area contributed by atoms with Crippen LogP contribution in [0.1, 0.15) is 20.8 Å². The fraction of sp³-hybridized carbons (Fsp3) is 0.455. The van der Waals surface area contributed by atoms with E-state index >= 15 is 0 Å².